The first-order valence-electron chi connectivity index (χ1n) is 32.5. The molecule has 6 N–H and O–H groups in total. The van der Waals surface area contributed by atoms with Crippen LogP contribution in [0.25, 0.3) is 0 Å². The van der Waals surface area contributed by atoms with Crippen LogP contribution in [0.3, 0.4) is 0 Å². The van der Waals surface area contributed by atoms with E-state index in [4.69, 9.17) is 14.2 Å². The zero-order valence-electron chi connectivity index (χ0n) is 50.9. The van der Waals surface area contributed by atoms with E-state index in [0.29, 0.717) is 12.8 Å². The van der Waals surface area contributed by atoms with E-state index < -0.39 is 67.4 Å². The van der Waals surface area contributed by atoms with Crippen LogP contribution in [0.4, 0.5) is 0 Å². The Morgan fingerprint density at radius 2 is 0.938 bits per heavy atom. The summed E-state index contributed by atoms with van der Waals surface area (Å²) in [6.45, 7) is 5.63. The van der Waals surface area contributed by atoms with Gasteiger partial charge in [0.05, 0.1) is 25.4 Å². The topological polar surface area (TPSA) is 175 Å². The number of aliphatic hydroxyl groups is 5. The average Bonchev–Trinajstić information content (AvgIpc) is 3.46. The highest BCUT2D eigenvalue weighted by Crippen LogP contribution is 2.26. The molecule has 0 saturated carbocycles. The summed E-state index contributed by atoms with van der Waals surface area (Å²) < 4.78 is 17.6. The summed E-state index contributed by atoms with van der Waals surface area (Å²) in [5.41, 5.74) is 0. The predicted molar refractivity (Wildman–Crippen MR) is 333 cm³/mol. The van der Waals surface area contributed by atoms with Gasteiger partial charge in [-0.15, -0.1) is 0 Å². The van der Waals surface area contributed by atoms with Gasteiger partial charge in [-0.05, 0) is 96.3 Å². The largest absolute Gasteiger partial charge is 0.454 e. The van der Waals surface area contributed by atoms with E-state index >= 15 is 0 Å². The molecule has 0 spiro atoms. The third-order valence-corrected chi connectivity index (χ3v) is 14.7. The lowest BCUT2D eigenvalue weighted by Crippen LogP contribution is -2.61. The van der Waals surface area contributed by atoms with Crippen LogP contribution >= 0.6 is 0 Å². The minimum absolute atomic E-state index is 0.106. The molecule has 1 amide bonds. The number of rotatable bonds is 54. The molecule has 0 aromatic carbocycles. The zero-order chi connectivity index (χ0) is 58.2. The van der Waals surface area contributed by atoms with Crippen LogP contribution < -0.4 is 5.32 Å². The Kier molecular flexibility index (Phi) is 52.3. The van der Waals surface area contributed by atoms with Gasteiger partial charge < -0.3 is 45.1 Å². The molecule has 80 heavy (non-hydrogen) atoms. The zero-order valence-corrected chi connectivity index (χ0v) is 50.9. The van der Waals surface area contributed by atoms with Gasteiger partial charge in [0, 0.05) is 6.42 Å². The van der Waals surface area contributed by atoms with Crippen molar-refractivity contribution in [1.29, 1.82) is 0 Å². The molecular formula is C69H119NO10. The molecule has 0 aromatic rings. The van der Waals surface area contributed by atoms with Gasteiger partial charge in [-0.25, -0.2) is 0 Å². The third kappa shape index (κ3) is 43.3. The van der Waals surface area contributed by atoms with Crippen molar-refractivity contribution < 1.29 is 49.3 Å². The van der Waals surface area contributed by atoms with Crippen molar-refractivity contribution in [3.63, 3.8) is 0 Å². The van der Waals surface area contributed by atoms with Gasteiger partial charge in [0.15, 0.2) is 12.4 Å². The first-order valence-corrected chi connectivity index (χ1v) is 32.5. The third-order valence-electron chi connectivity index (χ3n) is 14.7. The normalized spacial score (nSPS) is 19.4. The summed E-state index contributed by atoms with van der Waals surface area (Å²) in [4.78, 5) is 26.6. The summed E-state index contributed by atoms with van der Waals surface area (Å²) in [5, 5.41) is 57.1. The summed E-state index contributed by atoms with van der Waals surface area (Å²) in [6, 6.07) is -1.04. The average molecular weight is 1120 g/mol. The molecular weight excluding hydrogens is 1000 g/mol. The van der Waals surface area contributed by atoms with Gasteiger partial charge in [-0.2, -0.15) is 0 Å². The van der Waals surface area contributed by atoms with E-state index in [-0.39, 0.29) is 19.4 Å². The fourth-order valence-electron chi connectivity index (χ4n) is 9.61. The summed E-state index contributed by atoms with van der Waals surface area (Å²) >= 11 is 0. The second-order valence-corrected chi connectivity index (χ2v) is 22.1. The Morgan fingerprint density at radius 1 is 0.512 bits per heavy atom. The minimum atomic E-state index is -1.62. The lowest BCUT2D eigenvalue weighted by atomic mass is 9.99. The van der Waals surface area contributed by atoms with Crippen LogP contribution in [0, 0.1) is 0 Å². The summed E-state index contributed by atoms with van der Waals surface area (Å²) in [6.07, 6.45) is 64.4. The van der Waals surface area contributed by atoms with Crippen LogP contribution in [-0.2, 0) is 23.8 Å². The Bertz CT molecular complexity index is 1670. The van der Waals surface area contributed by atoms with Crippen LogP contribution in [0.5, 0.6) is 0 Å². The molecule has 1 aliphatic rings. The maximum atomic E-state index is 13.5. The minimum Gasteiger partial charge on any atom is -0.454 e. The van der Waals surface area contributed by atoms with Crippen LogP contribution in [-0.4, -0.2) is 99.6 Å². The Labute approximate surface area is 488 Å². The number of carbonyl (C=O) groups is 2. The fourth-order valence-corrected chi connectivity index (χ4v) is 9.61. The highest BCUT2D eigenvalue weighted by molar-refractivity contribution is 5.80. The maximum Gasteiger partial charge on any atom is 0.306 e. The molecule has 0 aliphatic carbocycles. The van der Waals surface area contributed by atoms with E-state index in [9.17, 15) is 35.1 Å². The quantitative estimate of drug-likeness (QED) is 0.0149. The van der Waals surface area contributed by atoms with Crippen molar-refractivity contribution in [3.05, 3.63) is 97.2 Å². The van der Waals surface area contributed by atoms with Gasteiger partial charge in [-0.1, -0.05) is 259 Å². The molecule has 460 valence electrons. The van der Waals surface area contributed by atoms with Crippen LogP contribution in [0.2, 0.25) is 0 Å². The molecule has 0 bridgehead atoms. The van der Waals surface area contributed by atoms with E-state index in [1.165, 1.54) is 89.9 Å². The van der Waals surface area contributed by atoms with Crippen molar-refractivity contribution in [2.45, 2.75) is 314 Å². The SMILES string of the molecule is CC/C=C\C/C=C\C/C=C\C/C=C\C/C=C\CCCCCCCCCCC(O)C(=O)NC(COC1OC(CO)C(O)C(O)C1OC(=O)CCCCCCCC/C=C/C=C/CCCCC)C(O)/C=C/CCCCCCCCCCCC. The molecule has 1 heterocycles. The first kappa shape index (κ1) is 74.6. The molecule has 1 saturated heterocycles. The first-order chi connectivity index (χ1) is 39.2. The number of hydrogen-bond acceptors (Lipinski definition) is 10. The molecule has 11 nitrogen and oxygen atoms in total. The number of nitrogens with one attached hydrogen (secondary N) is 1. The molecule has 0 aromatic heterocycles. The number of amides is 1. The van der Waals surface area contributed by atoms with Crippen molar-refractivity contribution in [2.75, 3.05) is 13.2 Å². The second kappa shape index (κ2) is 56.1. The van der Waals surface area contributed by atoms with Gasteiger partial charge in [0.2, 0.25) is 5.91 Å². The highest BCUT2D eigenvalue weighted by atomic mass is 16.7. The maximum absolute atomic E-state index is 13.5. The highest BCUT2D eigenvalue weighted by Gasteiger charge is 2.47. The standard InChI is InChI=1S/C69H119NO10/c1-4-7-10-13-16-19-22-25-27-28-29-30-31-32-33-34-35-37-38-41-44-47-50-53-56-62(73)68(77)70-60(61(72)55-52-49-46-43-40-24-21-18-15-12-9-6-3)59-78-69-67(66(76)65(75)63(58-71)79-69)80-64(74)57-54-51-48-45-42-39-36-26-23-20-17-14-11-8-5-2/h7,10,16-17,19-20,23,25-27,29-30,32-33,52,55,60-63,65-67,69,71-73,75-76H,4-6,8-9,11-15,18,21-22,24,28,31,34-51,53-54,56-59H2,1-3H3,(H,70,77)/b10-7-,19-16-,20-17+,26-23+,27-25-,30-29-,33-32-,55-52+. The lowest BCUT2D eigenvalue weighted by Gasteiger charge is -2.41. The second-order valence-electron chi connectivity index (χ2n) is 22.1. The van der Waals surface area contributed by atoms with Gasteiger partial charge in [0.1, 0.15) is 24.4 Å². The van der Waals surface area contributed by atoms with E-state index in [0.717, 1.165) is 128 Å². The number of unbranched alkanes of at least 4 members (excludes halogenated alkanes) is 27. The molecule has 8 atom stereocenters. The Hall–Kier alpha value is -3.42. The van der Waals surface area contributed by atoms with Crippen molar-refractivity contribution in [2.24, 2.45) is 0 Å². The smallest absolute Gasteiger partial charge is 0.306 e. The van der Waals surface area contributed by atoms with Crippen molar-refractivity contribution in [3.8, 4) is 0 Å². The van der Waals surface area contributed by atoms with E-state index in [2.05, 4.69) is 111 Å². The lowest BCUT2D eigenvalue weighted by molar-refractivity contribution is -0.305. The van der Waals surface area contributed by atoms with Gasteiger partial charge in [-0.3, -0.25) is 9.59 Å². The fraction of sp³-hybridized carbons (Fsp3) is 0.739. The number of allylic oxidation sites excluding steroid dienone is 15. The van der Waals surface area contributed by atoms with Crippen molar-refractivity contribution in [1.82, 2.24) is 5.32 Å². The van der Waals surface area contributed by atoms with E-state index in [1.807, 2.05) is 6.08 Å². The van der Waals surface area contributed by atoms with Gasteiger partial charge >= 0.3 is 5.97 Å². The van der Waals surface area contributed by atoms with E-state index in [1.54, 1.807) is 6.08 Å². The van der Waals surface area contributed by atoms with Crippen molar-refractivity contribution >= 4 is 11.9 Å². The Morgan fingerprint density at radius 3 is 1.45 bits per heavy atom. The molecule has 1 aliphatic heterocycles. The van der Waals surface area contributed by atoms with Crippen LogP contribution in [0.15, 0.2) is 97.2 Å². The number of aliphatic hydroxyl groups excluding tert-OH is 5. The molecule has 11 heteroatoms. The number of esters is 1. The molecule has 0 radical (unpaired) electrons. The monoisotopic (exact) mass is 1120 g/mol. The number of ether oxygens (including phenoxy) is 3. The molecule has 8 unspecified atom stereocenters. The number of hydrogen-bond donors (Lipinski definition) is 6. The molecule has 1 fully saturated rings. The molecule has 1 rings (SSSR count). The number of carbonyl (C=O) groups excluding carboxylic acids is 2. The summed E-state index contributed by atoms with van der Waals surface area (Å²) in [5.74, 6) is -1.22. The predicted octanol–water partition coefficient (Wildman–Crippen LogP) is 15.9. The Balaban J connectivity index is 2.64. The summed E-state index contributed by atoms with van der Waals surface area (Å²) in [7, 11) is 0. The van der Waals surface area contributed by atoms with Crippen LogP contribution in [0.1, 0.15) is 265 Å². The van der Waals surface area contributed by atoms with Gasteiger partial charge in [0.25, 0.3) is 0 Å².